The van der Waals surface area contributed by atoms with E-state index in [0.29, 0.717) is 93.0 Å². The molecule has 8 aromatic rings. The molecule has 72 heavy (non-hydrogen) atoms. The summed E-state index contributed by atoms with van der Waals surface area (Å²) < 4.78 is 39.1. The number of aldehydes is 2. The van der Waals surface area contributed by atoms with Crippen molar-refractivity contribution in [3.8, 4) is 11.1 Å². The zero-order chi connectivity index (χ0) is 51.1. The lowest BCUT2D eigenvalue weighted by Crippen LogP contribution is -2.41. The number of halogens is 3. The Labute approximate surface area is 421 Å². The Balaban J connectivity index is 0.000000149. The van der Waals surface area contributed by atoms with Gasteiger partial charge in [0.05, 0.1) is 22.2 Å². The summed E-state index contributed by atoms with van der Waals surface area (Å²) in [5.41, 5.74) is 19.6. The van der Waals surface area contributed by atoms with Crippen molar-refractivity contribution in [3.63, 3.8) is 0 Å². The van der Waals surface area contributed by atoms with Gasteiger partial charge in [-0.05, 0) is 137 Å². The van der Waals surface area contributed by atoms with Gasteiger partial charge in [0.15, 0.2) is 12.6 Å². The van der Waals surface area contributed by atoms with Gasteiger partial charge in [-0.3, -0.25) is 19.2 Å². The lowest BCUT2D eigenvalue weighted by Gasteiger charge is -2.32. The van der Waals surface area contributed by atoms with E-state index in [1.807, 2.05) is 94.4 Å². The number of anilines is 2. The minimum Gasteiger partial charge on any atom is -0.399 e. The predicted octanol–water partition coefficient (Wildman–Crippen LogP) is 9.05. The number of nitrogens with two attached hydrogens (primary N) is 2. The van der Waals surface area contributed by atoms with Crippen LogP contribution in [-0.4, -0.2) is 72.4 Å². The first-order valence-corrected chi connectivity index (χ1v) is 23.6. The van der Waals surface area contributed by atoms with Crippen LogP contribution in [0.5, 0.6) is 0 Å². The molecule has 3 aliphatic heterocycles. The van der Waals surface area contributed by atoms with E-state index in [9.17, 15) is 28.0 Å². The van der Waals surface area contributed by atoms with Crippen LogP contribution < -0.4 is 16.9 Å². The summed E-state index contributed by atoms with van der Waals surface area (Å²) in [6.45, 7) is 10.1. The molecule has 0 saturated carbocycles. The molecule has 0 spiro atoms. The highest BCUT2D eigenvalue weighted by molar-refractivity contribution is 9.10. The second-order valence-electron chi connectivity index (χ2n) is 18.5. The van der Waals surface area contributed by atoms with Crippen molar-refractivity contribution in [2.75, 3.05) is 11.5 Å². The summed E-state index contributed by atoms with van der Waals surface area (Å²) in [4.78, 5) is 69.1. The van der Waals surface area contributed by atoms with E-state index in [1.165, 1.54) is 36.4 Å². The number of aromatic nitrogens is 4. The lowest BCUT2D eigenvalue weighted by molar-refractivity contribution is 0.00578. The topological polar surface area (TPSA) is 197 Å². The summed E-state index contributed by atoms with van der Waals surface area (Å²) in [6, 6.07) is 34.6. The monoisotopic (exact) mass is 1030 g/mol. The molecule has 6 aromatic carbocycles. The maximum atomic E-state index is 13.9. The number of hydrogen-bond acceptors (Lipinski definition) is 12. The zero-order valence-corrected chi connectivity index (χ0v) is 41.1. The molecule has 0 aliphatic carbocycles. The second kappa shape index (κ2) is 19.8. The van der Waals surface area contributed by atoms with Crippen molar-refractivity contribution in [2.45, 2.75) is 65.1 Å². The Kier molecular flexibility index (Phi) is 13.5. The fourth-order valence-corrected chi connectivity index (χ4v) is 9.11. The molecule has 2 amide bonds. The number of fused-ring (bicyclic) bond motifs is 4. The van der Waals surface area contributed by atoms with Crippen molar-refractivity contribution in [2.24, 2.45) is 0 Å². The molecule has 3 aliphatic rings. The van der Waals surface area contributed by atoms with Crippen LogP contribution >= 0.6 is 15.9 Å². The number of hydrogen-bond donors (Lipinski definition) is 2. The van der Waals surface area contributed by atoms with Crippen LogP contribution in [0.2, 0.25) is 0 Å². The molecule has 2 aromatic heterocycles. The molecule has 0 atom stereocenters. The second-order valence-corrected chi connectivity index (χ2v) is 19.3. The van der Waals surface area contributed by atoms with Gasteiger partial charge in [0.25, 0.3) is 11.8 Å². The third-order valence-corrected chi connectivity index (χ3v) is 13.9. The molecule has 14 nitrogen and oxygen atoms in total. The van der Waals surface area contributed by atoms with Crippen LogP contribution in [0, 0.1) is 11.6 Å². The molecule has 11 rings (SSSR count). The highest BCUT2D eigenvalue weighted by atomic mass is 79.9. The van der Waals surface area contributed by atoms with E-state index in [-0.39, 0.29) is 35.2 Å². The van der Waals surface area contributed by atoms with Gasteiger partial charge in [-0.1, -0.05) is 66.7 Å². The number of carbonyl (C=O) groups is 4. The van der Waals surface area contributed by atoms with Crippen molar-refractivity contribution in [1.29, 1.82) is 0 Å². The molecule has 1 fully saturated rings. The number of nitrogen functional groups attached to an aromatic ring is 2. The van der Waals surface area contributed by atoms with E-state index < -0.39 is 24.1 Å². The summed E-state index contributed by atoms with van der Waals surface area (Å²) in [7, 11) is -0.536. The first-order chi connectivity index (χ1) is 34.4. The molecule has 1 saturated heterocycles. The van der Waals surface area contributed by atoms with Crippen molar-refractivity contribution in [1.82, 2.24) is 29.7 Å². The Hall–Kier alpha value is -7.80. The van der Waals surface area contributed by atoms with E-state index in [2.05, 4.69) is 35.9 Å². The molecule has 18 heteroatoms. The van der Waals surface area contributed by atoms with Gasteiger partial charge in [0.1, 0.15) is 23.0 Å². The van der Waals surface area contributed by atoms with Crippen LogP contribution in [0.4, 0.5) is 20.7 Å². The van der Waals surface area contributed by atoms with Gasteiger partial charge in [-0.2, -0.15) is 0 Å². The minimum absolute atomic E-state index is 0.000327. The SMILES string of the molecule is CC1(C)OB(c2ccc3nc(N)nc(C(=O)N4Cc5ccccc5C4)c3c2)OC1(C)C.Nc1nc(C(=O)N2Cc3ccccc3C2)c2cc(-c3cc(F)ccc3C=O)ccc2n1.O=Cc1ccc(F)cc1Br. The molecule has 5 heterocycles. The molecular formula is C54H46BBrF2N8O6. The van der Waals surface area contributed by atoms with Crippen LogP contribution in [0.15, 0.2) is 126 Å². The van der Waals surface area contributed by atoms with E-state index >= 15 is 0 Å². The quantitative estimate of drug-likeness (QED) is 0.119. The highest BCUT2D eigenvalue weighted by Gasteiger charge is 2.51. The summed E-state index contributed by atoms with van der Waals surface area (Å²) in [5, 5.41) is 1.14. The average molecular weight is 1030 g/mol. The van der Waals surface area contributed by atoms with Gasteiger partial charge in [0.2, 0.25) is 11.9 Å². The summed E-state index contributed by atoms with van der Waals surface area (Å²) in [5.74, 6) is -1.16. The van der Waals surface area contributed by atoms with Gasteiger partial charge in [0, 0.05) is 52.6 Å². The highest BCUT2D eigenvalue weighted by Crippen LogP contribution is 2.37. The molecule has 0 bridgehead atoms. The Morgan fingerprint density at radius 3 is 1.51 bits per heavy atom. The Bertz CT molecular complexity index is 3420. The van der Waals surface area contributed by atoms with Gasteiger partial charge < -0.3 is 30.6 Å². The van der Waals surface area contributed by atoms with E-state index in [1.54, 1.807) is 28.0 Å². The third kappa shape index (κ3) is 9.93. The normalized spacial score (nSPS) is 15.0. The smallest absolute Gasteiger partial charge is 0.399 e. The third-order valence-electron chi connectivity index (χ3n) is 13.2. The van der Waals surface area contributed by atoms with Gasteiger partial charge in [-0.15, -0.1) is 0 Å². The van der Waals surface area contributed by atoms with Gasteiger partial charge >= 0.3 is 7.12 Å². The maximum Gasteiger partial charge on any atom is 0.494 e. The summed E-state index contributed by atoms with van der Waals surface area (Å²) >= 11 is 3.04. The number of benzene rings is 6. The van der Waals surface area contributed by atoms with Crippen molar-refractivity contribution >= 4 is 86.6 Å². The molecule has 0 radical (unpaired) electrons. The fraction of sp³-hybridized carbons (Fsp3) is 0.185. The largest absolute Gasteiger partial charge is 0.494 e. The number of nitrogens with zero attached hydrogens (tertiary/aromatic N) is 6. The fourth-order valence-electron chi connectivity index (χ4n) is 8.66. The molecule has 4 N–H and O–H groups in total. The minimum atomic E-state index is -0.536. The van der Waals surface area contributed by atoms with Crippen LogP contribution in [0.1, 0.15) is 91.6 Å². The molecular weight excluding hydrogens is 985 g/mol. The van der Waals surface area contributed by atoms with E-state index in [4.69, 9.17) is 20.8 Å². The Morgan fingerprint density at radius 1 is 0.597 bits per heavy atom. The first kappa shape index (κ1) is 49.2. The average Bonchev–Trinajstić information content (AvgIpc) is 4.06. The number of amides is 2. The van der Waals surface area contributed by atoms with Crippen LogP contribution in [0.25, 0.3) is 32.9 Å². The van der Waals surface area contributed by atoms with Crippen molar-refractivity contribution < 1.29 is 37.3 Å². The standard InChI is InChI=1S/C24H17FN4O2.C23H25BN4O3.C7H4BrFO/c25-18-7-5-17(13-30)19(10-18)14-6-8-21-20(9-14)22(28-24(26)27-21)23(31)29-11-15-3-1-2-4-16(15)12-29;1-22(2)23(3,4)31-24(30-22)16-9-10-18-17(11-16)19(27-21(25)26-18)20(29)28-12-14-7-5-6-8-15(14)13-28;8-7-3-6(9)2-1-5(7)4-10/h1-10,13H,11-12H2,(H2,26,27,28);5-11H,12-13H2,1-4H3,(H2,25,26,27);1-4H. The summed E-state index contributed by atoms with van der Waals surface area (Å²) in [6.07, 6.45) is 1.34. The van der Waals surface area contributed by atoms with Gasteiger partial charge in [-0.25, -0.2) is 28.7 Å². The van der Waals surface area contributed by atoms with Crippen LogP contribution in [-0.2, 0) is 35.5 Å². The number of rotatable bonds is 6. The lowest BCUT2D eigenvalue weighted by atomic mass is 9.78. The zero-order valence-electron chi connectivity index (χ0n) is 39.5. The first-order valence-electron chi connectivity index (χ1n) is 22.8. The molecule has 0 unspecified atom stereocenters. The molecule has 362 valence electrons. The maximum absolute atomic E-state index is 13.9. The van der Waals surface area contributed by atoms with Crippen molar-refractivity contribution in [3.05, 3.63) is 182 Å². The predicted molar refractivity (Wildman–Crippen MR) is 274 cm³/mol. The Morgan fingerprint density at radius 2 is 1.04 bits per heavy atom. The van der Waals surface area contributed by atoms with Crippen LogP contribution in [0.3, 0.4) is 0 Å². The van der Waals surface area contributed by atoms with E-state index in [0.717, 1.165) is 27.7 Å². The number of carbonyl (C=O) groups excluding carboxylic acids is 4.